The summed E-state index contributed by atoms with van der Waals surface area (Å²) in [6, 6.07) is 1.94. The van der Waals surface area contributed by atoms with Crippen LogP contribution in [-0.2, 0) is 16.7 Å². The second-order valence-corrected chi connectivity index (χ2v) is 6.82. The van der Waals surface area contributed by atoms with Gasteiger partial charge in [0.15, 0.2) is 0 Å². The van der Waals surface area contributed by atoms with E-state index in [-0.39, 0.29) is 11.6 Å². The van der Waals surface area contributed by atoms with Gasteiger partial charge in [-0.1, -0.05) is 6.08 Å². The lowest BCUT2D eigenvalue weighted by molar-refractivity contribution is 0.0347. The second-order valence-electron chi connectivity index (χ2n) is 6.82. The molecule has 2 N–H and O–H groups in total. The third-order valence-corrected chi connectivity index (χ3v) is 5.76. The molecule has 4 rings (SSSR count). The predicted octanol–water partition coefficient (Wildman–Crippen LogP) is 1.76. The van der Waals surface area contributed by atoms with Gasteiger partial charge < -0.3 is 10.5 Å². The molecule has 3 heterocycles. The summed E-state index contributed by atoms with van der Waals surface area (Å²) in [5, 5.41) is 0. The Kier molecular flexibility index (Phi) is 3.50. The molecule has 122 valence electrons. The molecule has 1 aromatic heterocycles. The van der Waals surface area contributed by atoms with Gasteiger partial charge in [0.1, 0.15) is 5.69 Å². The van der Waals surface area contributed by atoms with Gasteiger partial charge in [-0.25, -0.2) is 0 Å². The first-order valence-electron chi connectivity index (χ1n) is 8.41. The highest BCUT2D eigenvalue weighted by Gasteiger charge is 2.50. The van der Waals surface area contributed by atoms with Crippen molar-refractivity contribution < 1.29 is 9.53 Å². The fourth-order valence-electron chi connectivity index (χ4n) is 4.67. The molecule has 1 spiro atoms. The molecule has 0 bridgehead atoms. The van der Waals surface area contributed by atoms with E-state index in [1.54, 1.807) is 7.11 Å². The lowest BCUT2D eigenvalue weighted by atomic mass is 9.73. The first-order chi connectivity index (χ1) is 11.1. The smallest absolute Gasteiger partial charge is 0.267 e. The van der Waals surface area contributed by atoms with E-state index < -0.39 is 5.91 Å². The number of carbonyl (C=O) groups excluding carboxylic acids is 1. The molecule has 1 aromatic rings. The molecule has 1 saturated heterocycles. The summed E-state index contributed by atoms with van der Waals surface area (Å²) in [4.78, 5) is 18.5. The van der Waals surface area contributed by atoms with Crippen molar-refractivity contribution in [1.29, 1.82) is 0 Å². The minimum Gasteiger partial charge on any atom is -0.381 e. The van der Waals surface area contributed by atoms with E-state index in [0.717, 1.165) is 45.2 Å². The highest BCUT2D eigenvalue weighted by atomic mass is 16.5. The van der Waals surface area contributed by atoms with Crippen LogP contribution in [0.15, 0.2) is 23.9 Å². The summed E-state index contributed by atoms with van der Waals surface area (Å²) in [6.07, 6.45) is 9.59. The quantitative estimate of drug-likeness (QED) is 0.845. The van der Waals surface area contributed by atoms with Crippen LogP contribution in [0.4, 0.5) is 0 Å². The second kappa shape index (κ2) is 5.42. The van der Waals surface area contributed by atoms with Crippen molar-refractivity contribution in [3.8, 4) is 0 Å². The standard InChI is InChI=1S/C18H23N3O2/c1-23-14-5-4-13-6-8-21-7-2-3-12-11-20-16(17(19)22)9-15(12)18(13,21)10-14/h4,9,11,14H,2-3,5-8,10H2,1H3,(H2,19,22). The Morgan fingerprint density at radius 2 is 2.30 bits per heavy atom. The first-order valence-corrected chi connectivity index (χ1v) is 8.41. The fourth-order valence-corrected chi connectivity index (χ4v) is 4.67. The SMILES string of the molecule is COC1CC=C2CCN3CCCc4cnc(C(N)=O)cc4C23C1. The van der Waals surface area contributed by atoms with Gasteiger partial charge in [0.25, 0.3) is 5.91 Å². The molecule has 2 aliphatic heterocycles. The first kappa shape index (κ1) is 14.8. The highest BCUT2D eigenvalue weighted by molar-refractivity contribution is 5.91. The van der Waals surface area contributed by atoms with Gasteiger partial charge in [-0.05, 0) is 55.0 Å². The number of nitrogens with zero attached hydrogens (tertiary/aromatic N) is 2. The Hall–Kier alpha value is -1.72. The van der Waals surface area contributed by atoms with Crippen LogP contribution >= 0.6 is 0 Å². The van der Waals surface area contributed by atoms with E-state index in [9.17, 15) is 4.79 Å². The van der Waals surface area contributed by atoms with Gasteiger partial charge in [-0.3, -0.25) is 14.7 Å². The van der Waals surface area contributed by atoms with Crippen LogP contribution in [0.1, 0.15) is 47.3 Å². The zero-order valence-electron chi connectivity index (χ0n) is 13.5. The Bertz CT molecular complexity index is 685. The maximum absolute atomic E-state index is 11.6. The number of carbonyl (C=O) groups is 1. The predicted molar refractivity (Wildman–Crippen MR) is 87.1 cm³/mol. The average Bonchev–Trinajstić information content (AvgIpc) is 2.86. The maximum atomic E-state index is 11.6. The van der Waals surface area contributed by atoms with Gasteiger partial charge in [0.05, 0.1) is 11.6 Å². The lowest BCUT2D eigenvalue weighted by Gasteiger charge is -2.44. The molecule has 2 unspecified atom stereocenters. The van der Waals surface area contributed by atoms with Crippen molar-refractivity contribution in [2.24, 2.45) is 5.73 Å². The zero-order valence-corrected chi connectivity index (χ0v) is 13.5. The number of aryl methyl sites for hydroxylation is 1. The number of fused-ring (bicyclic) bond motifs is 1. The van der Waals surface area contributed by atoms with E-state index in [0.29, 0.717) is 5.69 Å². The molecule has 2 atom stereocenters. The molecule has 5 nitrogen and oxygen atoms in total. The number of ether oxygens (including phenoxy) is 1. The number of hydrogen-bond acceptors (Lipinski definition) is 4. The molecule has 1 amide bonds. The van der Waals surface area contributed by atoms with Crippen LogP contribution in [0.5, 0.6) is 0 Å². The van der Waals surface area contributed by atoms with Crippen LogP contribution in [0.2, 0.25) is 0 Å². The summed E-state index contributed by atoms with van der Waals surface area (Å²) in [7, 11) is 1.79. The highest BCUT2D eigenvalue weighted by Crippen LogP contribution is 2.52. The molecule has 0 saturated carbocycles. The van der Waals surface area contributed by atoms with Crippen molar-refractivity contribution >= 4 is 5.91 Å². The van der Waals surface area contributed by atoms with Crippen molar-refractivity contribution in [1.82, 2.24) is 9.88 Å². The van der Waals surface area contributed by atoms with E-state index >= 15 is 0 Å². The van der Waals surface area contributed by atoms with Crippen LogP contribution in [0.25, 0.3) is 0 Å². The van der Waals surface area contributed by atoms with Gasteiger partial charge in [0, 0.05) is 26.3 Å². The largest absolute Gasteiger partial charge is 0.381 e. The molecular formula is C18H23N3O2. The normalized spacial score (nSPS) is 30.0. The monoisotopic (exact) mass is 313 g/mol. The van der Waals surface area contributed by atoms with Crippen LogP contribution < -0.4 is 5.73 Å². The third-order valence-electron chi connectivity index (χ3n) is 5.76. The minimum atomic E-state index is -0.456. The summed E-state index contributed by atoms with van der Waals surface area (Å²) in [5.74, 6) is -0.456. The number of aromatic nitrogens is 1. The number of methoxy groups -OCH3 is 1. The molecule has 23 heavy (non-hydrogen) atoms. The van der Waals surface area contributed by atoms with Crippen molar-refractivity contribution in [2.45, 2.75) is 43.7 Å². The van der Waals surface area contributed by atoms with Crippen molar-refractivity contribution in [3.63, 3.8) is 0 Å². The molecule has 3 aliphatic rings. The number of rotatable bonds is 2. The number of nitrogens with two attached hydrogens (primary N) is 1. The lowest BCUT2D eigenvalue weighted by Crippen LogP contribution is -2.46. The summed E-state index contributed by atoms with van der Waals surface area (Å²) in [6.45, 7) is 2.16. The summed E-state index contributed by atoms with van der Waals surface area (Å²) in [5.41, 5.74) is 9.69. The molecule has 1 fully saturated rings. The number of pyridine rings is 1. The summed E-state index contributed by atoms with van der Waals surface area (Å²) >= 11 is 0. The molecule has 1 aliphatic carbocycles. The van der Waals surface area contributed by atoms with Crippen LogP contribution in [0, 0.1) is 0 Å². The molecule has 5 heteroatoms. The molecule has 0 radical (unpaired) electrons. The fraction of sp³-hybridized carbons (Fsp3) is 0.556. The van der Waals surface area contributed by atoms with Gasteiger partial charge in [-0.2, -0.15) is 0 Å². The zero-order chi connectivity index (χ0) is 16.0. The molecule has 0 aromatic carbocycles. The number of primary amides is 1. The van der Waals surface area contributed by atoms with Gasteiger partial charge in [-0.15, -0.1) is 0 Å². The van der Waals surface area contributed by atoms with E-state index in [1.807, 2.05) is 12.3 Å². The van der Waals surface area contributed by atoms with E-state index in [2.05, 4.69) is 16.0 Å². The average molecular weight is 313 g/mol. The maximum Gasteiger partial charge on any atom is 0.267 e. The Balaban J connectivity index is 1.93. The topological polar surface area (TPSA) is 68.4 Å². The van der Waals surface area contributed by atoms with Crippen molar-refractivity contribution in [3.05, 3.63) is 40.7 Å². The third kappa shape index (κ3) is 2.14. The molecular weight excluding hydrogens is 290 g/mol. The number of hydrogen-bond donors (Lipinski definition) is 1. The number of amides is 1. The Labute approximate surface area is 136 Å². The van der Waals surface area contributed by atoms with Gasteiger partial charge in [0.2, 0.25) is 0 Å². The van der Waals surface area contributed by atoms with E-state index in [1.165, 1.54) is 16.7 Å². The summed E-state index contributed by atoms with van der Waals surface area (Å²) < 4.78 is 5.70. The van der Waals surface area contributed by atoms with Crippen LogP contribution in [-0.4, -0.2) is 42.1 Å². The van der Waals surface area contributed by atoms with Gasteiger partial charge >= 0.3 is 0 Å². The minimum absolute atomic E-state index is 0.127. The Morgan fingerprint density at radius 1 is 1.43 bits per heavy atom. The van der Waals surface area contributed by atoms with Crippen LogP contribution in [0.3, 0.4) is 0 Å². The van der Waals surface area contributed by atoms with Crippen molar-refractivity contribution in [2.75, 3.05) is 20.2 Å². The van der Waals surface area contributed by atoms with E-state index in [4.69, 9.17) is 10.5 Å². The Morgan fingerprint density at radius 3 is 3.09 bits per heavy atom.